The van der Waals surface area contributed by atoms with Crippen molar-refractivity contribution in [2.75, 3.05) is 13.2 Å². The van der Waals surface area contributed by atoms with Gasteiger partial charge in [-0.2, -0.15) is 0 Å². The van der Waals surface area contributed by atoms with E-state index in [0.717, 1.165) is 26.3 Å². The van der Waals surface area contributed by atoms with E-state index in [1.165, 1.54) is 13.0 Å². The number of carbonyl (C=O) groups excluding carboxylic acids is 4. The number of esters is 4. The van der Waals surface area contributed by atoms with Gasteiger partial charge in [0.05, 0.1) is 12.2 Å². The summed E-state index contributed by atoms with van der Waals surface area (Å²) in [5.41, 5.74) is -0.213. The second-order valence-corrected chi connectivity index (χ2v) is 8.53. The Kier molecular flexibility index (Phi) is 12.1. The molecular weight excluding hydrogens is 464 g/mol. The SMILES string of the molecule is C=CC(C)(O)CC/C=C(\C)COC1OC(COC(C)=O)C(OC(C)=O)C(OC(C)=O)C1OC(C)=O. The van der Waals surface area contributed by atoms with Gasteiger partial charge in [0.2, 0.25) is 0 Å². The number of carbonyl (C=O) groups is 4. The summed E-state index contributed by atoms with van der Waals surface area (Å²) < 4.78 is 32.8. The molecule has 1 aliphatic rings. The third-order valence-electron chi connectivity index (χ3n) is 5.01. The minimum Gasteiger partial charge on any atom is -0.463 e. The molecule has 198 valence electrons. The van der Waals surface area contributed by atoms with Gasteiger partial charge in [0, 0.05) is 27.7 Å². The molecule has 1 rings (SSSR count). The molecule has 11 heteroatoms. The van der Waals surface area contributed by atoms with Crippen LogP contribution in [0.1, 0.15) is 54.4 Å². The summed E-state index contributed by atoms with van der Waals surface area (Å²) in [5, 5.41) is 10.0. The topological polar surface area (TPSA) is 144 Å². The van der Waals surface area contributed by atoms with Gasteiger partial charge in [-0.25, -0.2) is 0 Å². The van der Waals surface area contributed by atoms with Crippen LogP contribution >= 0.6 is 0 Å². The van der Waals surface area contributed by atoms with Crippen molar-refractivity contribution in [3.63, 3.8) is 0 Å². The molecule has 0 aliphatic carbocycles. The Bertz CT molecular complexity index is 801. The summed E-state index contributed by atoms with van der Waals surface area (Å²) >= 11 is 0. The van der Waals surface area contributed by atoms with E-state index in [9.17, 15) is 24.3 Å². The van der Waals surface area contributed by atoms with Gasteiger partial charge in [-0.15, -0.1) is 6.58 Å². The largest absolute Gasteiger partial charge is 0.463 e. The van der Waals surface area contributed by atoms with Crippen molar-refractivity contribution in [2.24, 2.45) is 0 Å². The van der Waals surface area contributed by atoms with E-state index < -0.39 is 60.2 Å². The second-order valence-electron chi connectivity index (χ2n) is 8.53. The maximum absolute atomic E-state index is 11.8. The zero-order valence-electron chi connectivity index (χ0n) is 21.1. The predicted molar refractivity (Wildman–Crippen MR) is 122 cm³/mol. The van der Waals surface area contributed by atoms with Crippen LogP contribution < -0.4 is 0 Å². The van der Waals surface area contributed by atoms with E-state index in [1.54, 1.807) is 13.8 Å². The minimum atomic E-state index is -1.29. The minimum absolute atomic E-state index is 0.0456. The lowest BCUT2D eigenvalue weighted by atomic mass is 9.98. The van der Waals surface area contributed by atoms with Crippen LogP contribution in [0.5, 0.6) is 0 Å². The summed E-state index contributed by atoms with van der Waals surface area (Å²) in [6.45, 7) is 11.4. The summed E-state index contributed by atoms with van der Waals surface area (Å²) in [6.07, 6.45) is -1.79. The molecule has 1 saturated heterocycles. The molecule has 6 atom stereocenters. The first-order valence-corrected chi connectivity index (χ1v) is 11.2. The predicted octanol–water partition coefficient (Wildman–Crippen LogP) is 1.75. The molecule has 6 unspecified atom stereocenters. The first-order valence-electron chi connectivity index (χ1n) is 11.2. The van der Waals surface area contributed by atoms with Crippen LogP contribution in [-0.4, -0.2) is 78.5 Å². The molecular formula is C24H36O11. The zero-order chi connectivity index (χ0) is 26.8. The van der Waals surface area contributed by atoms with Crippen molar-refractivity contribution in [1.82, 2.24) is 0 Å². The lowest BCUT2D eigenvalue weighted by molar-refractivity contribution is -0.306. The molecule has 0 radical (unpaired) electrons. The lowest BCUT2D eigenvalue weighted by Crippen LogP contribution is -2.63. The van der Waals surface area contributed by atoms with Gasteiger partial charge in [-0.1, -0.05) is 17.7 Å². The van der Waals surface area contributed by atoms with Crippen molar-refractivity contribution < 1.29 is 52.7 Å². The van der Waals surface area contributed by atoms with Gasteiger partial charge in [0.1, 0.15) is 12.7 Å². The van der Waals surface area contributed by atoms with E-state index >= 15 is 0 Å². The molecule has 0 spiro atoms. The molecule has 35 heavy (non-hydrogen) atoms. The molecule has 0 saturated carbocycles. The van der Waals surface area contributed by atoms with Crippen LogP contribution in [0.25, 0.3) is 0 Å². The van der Waals surface area contributed by atoms with Crippen LogP contribution in [-0.2, 0) is 47.6 Å². The van der Waals surface area contributed by atoms with E-state index in [1.807, 2.05) is 6.08 Å². The molecule has 0 bridgehead atoms. The first kappa shape index (κ1) is 30.3. The molecule has 0 aromatic heterocycles. The zero-order valence-corrected chi connectivity index (χ0v) is 21.1. The van der Waals surface area contributed by atoms with Gasteiger partial charge in [-0.05, 0) is 26.7 Å². The Hall–Kier alpha value is -2.76. The molecule has 1 aliphatic heterocycles. The van der Waals surface area contributed by atoms with Crippen molar-refractivity contribution in [1.29, 1.82) is 0 Å². The fourth-order valence-electron chi connectivity index (χ4n) is 3.31. The Balaban J connectivity index is 3.16. The van der Waals surface area contributed by atoms with Gasteiger partial charge < -0.3 is 33.5 Å². The lowest BCUT2D eigenvalue weighted by Gasteiger charge is -2.44. The van der Waals surface area contributed by atoms with E-state index in [4.69, 9.17) is 28.4 Å². The third-order valence-corrected chi connectivity index (χ3v) is 5.01. The molecule has 0 aromatic carbocycles. The maximum Gasteiger partial charge on any atom is 0.303 e. The average Bonchev–Trinajstić information content (AvgIpc) is 2.73. The summed E-state index contributed by atoms with van der Waals surface area (Å²) in [4.78, 5) is 46.8. The van der Waals surface area contributed by atoms with Gasteiger partial charge in [-0.3, -0.25) is 19.2 Å². The highest BCUT2D eigenvalue weighted by Gasteiger charge is 2.52. The summed E-state index contributed by atoms with van der Waals surface area (Å²) in [7, 11) is 0. The fourth-order valence-corrected chi connectivity index (χ4v) is 3.31. The molecule has 1 fully saturated rings. The van der Waals surface area contributed by atoms with Gasteiger partial charge >= 0.3 is 23.9 Å². The van der Waals surface area contributed by atoms with Crippen molar-refractivity contribution in [3.05, 3.63) is 24.3 Å². The second kappa shape index (κ2) is 14.0. The van der Waals surface area contributed by atoms with Crippen LogP contribution in [0.15, 0.2) is 24.3 Å². The number of hydrogen-bond donors (Lipinski definition) is 1. The smallest absolute Gasteiger partial charge is 0.303 e. The molecule has 1 heterocycles. The highest BCUT2D eigenvalue weighted by atomic mass is 16.7. The number of rotatable bonds is 12. The normalized spacial score (nSPS) is 26.1. The number of hydrogen-bond acceptors (Lipinski definition) is 11. The quantitative estimate of drug-likeness (QED) is 0.238. The molecule has 11 nitrogen and oxygen atoms in total. The van der Waals surface area contributed by atoms with E-state index in [2.05, 4.69) is 6.58 Å². The number of aliphatic hydroxyl groups is 1. The van der Waals surface area contributed by atoms with Crippen molar-refractivity contribution in [3.8, 4) is 0 Å². The Morgan fingerprint density at radius 1 is 0.914 bits per heavy atom. The fraction of sp³-hybridized carbons (Fsp3) is 0.667. The summed E-state index contributed by atoms with van der Waals surface area (Å²) in [6, 6.07) is 0. The highest BCUT2D eigenvalue weighted by Crippen LogP contribution is 2.30. The van der Waals surface area contributed by atoms with Crippen LogP contribution in [0.2, 0.25) is 0 Å². The molecule has 0 amide bonds. The van der Waals surface area contributed by atoms with Crippen molar-refractivity contribution >= 4 is 23.9 Å². The average molecular weight is 501 g/mol. The highest BCUT2D eigenvalue weighted by molar-refractivity contribution is 5.68. The number of allylic oxidation sites excluding steroid dienone is 1. The Labute approximate surface area is 205 Å². The monoisotopic (exact) mass is 500 g/mol. The van der Waals surface area contributed by atoms with Crippen molar-refractivity contribution in [2.45, 2.75) is 90.7 Å². The van der Waals surface area contributed by atoms with Crippen LogP contribution in [0, 0.1) is 0 Å². The first-order chi connectivity index (χ1) is 16.3. The Morgan fingerprint density at radius 2 is 1.46 bits per heavy atom. The standard InChI is InChI=1S/C24H36O11/c1-8-24(7,29)11-9-10-14(2)12-31-23-22(34-18(6)28)21(33-17(5)27)20(32-16(4)26)19(35-23)13-30-15(3)25/h8,10,19-23,29H,1,9,11-13H2,2-7H3/b14-10+. The van der Waals surface area contributed by atoms with Gasteiger partial charge in [0.15, 0.2) is 24.6 Å². The summed E-state index contributed by atoms with van der Waals surface area (Å²) in [5.74, 6) is -2.74. The Morgan fingerprint density at radius 3 is 1.97 bits per heavy atom. The molecule has 0 aromatic rings. The molecule has 1 N–H and O–H groups in total. The number of ether oxygens (including phenoxy) is 6. The van der Waals surface area contributed by atoms with E-state index in [0.29, 0.717) is 12.8 Å². The third kappa shape index (κ3) is 11.0. The van der Waals surface area contributed by atoms with Crippen LogP contribution in [0.4, 0.5) is 0 Å². The van der Waals surface area contributed by atoms with Crippen LogP contribution in [0.3, 0.4) is 0 Å². The maximum atomic E-state index is 11.8. The van der Waals surface area contributed by atoms with E-state index in [-0.39, 0.29) is 13.2 Å². The van der Waals surface area contributed by atoms with Gasteiger partial charge in [0.25, 0.3) is 0 Å².